The minimum absolute atomic E-state index is 0.539. The normalized spacial score (nSPS) is 22.5. The largest absolute Gasteiger partial charge is 0.444 e. The van der Waals surface area contributed by atoms with Gasteiger partial charge in [-0.15, -0.1) is 0 Å². The number of piperidine rings is 1. The maximum absolute atomic E-state index is 12.7. The van der Waals surface area contributed by atoms with E-state index in [0.29, 0.717) is 51.7 Å². The minimum Gasteiger partial charge on any atom is -0.444 e. The van der Waals surface area contributed by atoms with Crippen LogP contribution in [0.15, 0.2) is 4.42 Å². The molecule has 2 aliphatic heterocycles. The van der Waals surface area contributed by atoms with Crippen LogP contribution in [0.4, 0.5) is 0 Å². The number of piperazine rings is 1. The van der Waals surface area contributed by atoms with Crippen molar-refractivity contribution in [3.8, 4) is 0 Å². The van der Waals surface area contributed by atoms with Crippen LogP contribution in [0.5, 0.6) is 0 Å². The molecule has 23 heavy (non-hydrogen) atoms. The van der Waals surface area contributed by atoms with Gasteiger partial charge >= 0.3 is 0 Å². The quantitative estimate of drug-likeness (QED) is 0.821. The highest BCUT2D eigenvalue weighted by molar-refractivity contribution is 7.86. The van der Waals surface area contributed by atoms with E-state index in [4.69, 9.17) is 4.42 Å². The summed E-state index contributed by atoms with van der Waals surface area (Å²) in [5.41, 5.74) is 0.923. The molecule has 2 aliphatic rings. The Labute approximate surface area is 138 Å². The van der Waals surface area contributed by atoms with Crippen LogP contribution in [-0.4, -0.2) is 66.2 Å². The lowest BCUT2D eigenvalue weighted by molar-refractivity contribution is 0.160. The molecular weight excluding hydrogens is 316 g/mol. The van der Waals surface area contributed by atoms with Gasteiger partial charge in [-0.05, 0) is 26.7 Å². The lowest BCUT2D eigenvalue weighted by atomic mass is 10.2. The Morgan fingerprint density at radius 1 is 0.957 bits per heavy atom. The zero-order valence-electron chi connectivity index (χ0n) is 14.0. The van der Waals surface area contributed by atoms with Crippen molar-refractivity contribution in [2.24, 2.45) is 0 Å². The van der Waals surface area contributed by atoms with Gasteiger partial charge in [0.05, 0.1) is 12.2 Å². The van der Waals surface area contributed by atoms with Gasteiger partial charge in [-0.2, -0.15) is 17.0 Å². The Bertz CT molecular complexity index is 610. The third-order valence-corrected chi connectivity index (χ3v) is 6.77. The average molecular weight is 342 g/mol. The molecule has 130 valence electrons. The lowest BCUT2D eigenvalue weighted by Crippen LogP contribution is -2.53. The second-order valence-electron chi connectivity index (χ2n) is 6.39. The summed E-state index contributed by atoms with van der Waals surface area (Å²) in [6.45, 7) is 8.33. The predicted molar refractivity (Wildman–Crippen MR) is 87.2 cm³/mol. The van der Waals surface area contributed by atoms with Gasteiger partial charge in [0.15, 0.2) is 0 Å². The summed E-state index contributed by atoms with van der Waals surface area (Å²) >= 11 is 0. The first-order valence-electron chi connectivity index (χ1n) is 8.37. The van der Waals surface area contributed by atoms with Gasteiger partial charge in [0, 0.05) is 39.3 Å². The Hall–Kier alpha value is -0.960. The van der Waals surface area contributed by atoms with Crippen LogP contribution >= 0.6 is 0 Å². The van der Waals surface area contributed by atoms with Crippen LogP contribution in [0.25, 0.3) is 0 Å². The van der Waals surface area contributed by atoms with E-state index in [1.165, 1.54) is 0 Å². The van der Waals surface area contributed by atoms with Crippen molar-refractivity contribution in [3.63, 3.8) is 0 Å². The molecule has 0 unspecified atom stereocenters. The van der Waals surface area contributed by atoms with Gasteiger partial charge in [0.2, 0.25) is 5.89 Å². The van der Waals surface area contributed by atoms with Crippen LogP contribution in [0.1, 0.15) is 36.6 Å². The molecule has 0 amide bonds. The molecule has 0 N–H and O–H groups in total. The topological polar surface area (TPSA) is 69.9 Å². The standard InChI is InChI=1S/C15H26N4O3S/c1-13-14(2)22-15(16-13)12-17-8-10-19(11-9-17)23(20,21)18-6-4-3-5-7-18/h3-12H2,1-2H3. The molecule has 2 saturated heterocycles. The van der Waals surface area contributed by atoms with Gasteiger partial charge in [-0.1, -0.05) is 6.42 Å². The number of hydrogen-bond donors (Lipinski definition) is 0. The smallest absolute Gasteiger partial charge is 0.282 e. The Morgan fingerprint density at radius 2 is 1.57 bits per heavy atom. The Morgan fingerprint density at radius 3 is 2.13 bits per heavy atom. The summed E-state index contributed by atoms with van der Waals surface area (Å²) in [4.78, 5) is 6.60. The fourth-order valence-electron chi connectivity index (χ4n) is 3.18. The fourth-order valence-corrected chi connectivity index (χ4v) is 4.85. The van der Waals surface area contributed by atoms with E-state index in [-0.39, 0.29) is 0 Å². The summed E-state index contributed by atoms with van der Waals surface area (Å²) in [7, 11) is -3.28. The second-order valence-corrected chi connectivity index (χ2v) is 8.32. The zero-order valence-corrected chi connectivity index (χ0v) is 14.8. The van der Waals surface area contributed by atoms with Crippen LogP contribution in [0.3, 0.4) is 0 Å². The first-order valence-corrected chi connectivity index (χ1v) is 9.77. The van der Waals surface area contributed by atoms with E-state index in [1.54, 1.807) is 8.61 Å². The molecular formula is C15H26N4O3S. The highest BCUT2D eigenvalue weighted by Gasteiger charge is 2.33. The number of nitrogens with zero attached hydrogens (tertiary/aromatic N) is 4. The maximum Gasteiger partial charge on any atom is 0.282 e. The Kier molecular flexibility index (Phi) is 5.05. The van der Waals surface area contributed by atoms with Gasteiger partial charge < -0.3 is 4.42 Å². The van der Waals surface area contributed by atoms with Crippen molar-refractivity contribution >= 4 is 10.2 Å². The number of hydrogen-bond acceptors (Lipinski definition) is 5. The summed E-state index contributed by atoms with van der Waals surface area (Å²) < 4.78 is 34.2. The molecule has 3 rings (SSSR count). The van der Waals surface area contributed by atoms with E-state index < -0.39 is 10.2 Å². The van der Waals surface area contributed by atoms with E-state index >= 15 is 0 Å². The van der Waals surface area contributed by atoms with Crippen molar-refractivity contribution in [2.45, 2.75) is 39.7 Å². The molecule has 0 bridgehead atoms. The second kappa shape index (κ2) is 6.88. The number of oxazole rings is 1. The SMILES string of the molecule is Cc1nc(CN2CCN(S(=O)(=O)N3CCCCC3)CC2)oc1C. The molecule has 0 aromatic carbocycles. The highest BCUT2D eigenvalue weighted by atomic mass is 32.2. The Balaban J connectivity index is 1.55. The van der Waals surface area contributed by atoms with Crippen LogP contribution < -0.4 is 0 Å². The van der Waals surface area contributed by atoms with Gasteiger partial charge in [-0.25, -0.2) is 4.98 Å². The third kappa shape index (κ3) is 3.76. The van der Waals surface area contributed by atoms with Crippen molar-refractivity contribution in [1.29, 1.82) is 0 Å². The van der Waals surface area contributed by atoms with Crippen molar-refractivity contribution < 1.29 is 12.8 Å². The van der Waals surface area contributed by atoms with E-state index in [9.17, 15) is 8.42 Å². The fraction of sp³-hybridized carbons (Fsp3) is 0.800. The first-order chi connectivity index (χ1) is 11.0. The number of rotatable bonds is 4. The molecule has 0 spiro atoms. The summed E-state index contributed by atoms with van der Waals surface area (Å²) in [6, 6.07) is 0. The van der Waals surface area contributed by atoms with Crippen LogP contribution in [-0.2, 0) is 16.8 Å². The van der Waals surface area contributed by atoms with E-state index in [2.05, 4.69) is 9.88 Å². The highest BCUT2D eigenvalue weighted by Crippen LogP contribution is 2.19. The number of aryl methyl sites for hydroxylation is 2. The summed E-state index contributed by atoms with van der Waals surface area (Å²) in [5.74, 6) is 1.57. The van der Waals surface area contributed by atoms with E-state index in [1.807, 2.05) is 13.8 Å². The lowest BCUT2D eigenvalue weighted by Gasteiger charge is -2.37. The molecule has 0 radical (unpaired) electrons. The monoisotopic (exact) mass is 342 g/mol. The molecule has 0 aliphatic carbocycles. The van der Waals surface area contributed by atoms with E-state index in [0.717, 1.165) is 30.7 Å². The third-order valence-electron chi connectivity index (χ3n) is 4.73. The van der Waals surface area contributed by atoms with Gasteiger partial charge in [-0.3, -0.25) is 4.90 Å². The van der Waals surface area contributed by atoms with Crippen molar-refractivity contribution in [1.82, 2.24) is 18.5 Å². The van der Waals surface area contributed by atoms with Crippen molar-refractivity contribution in [3.05, 3.63) is 17.3 Å². The predicted octanol–water partition coefficient (Wildman–Crippen LogP) is 1.14. The maximum atomic E-state index is 12.7. The molecule has 0 saturated carbocycles. The van der Waals surface area contributed by atoms with Crippen LogP contribution in [0.2, 0.25) is 0 Å². The minimum atomic E-state index is -3.28. The molecule has 2 fully saturated rings. The first kappa shape index (κ1) is 16.9. The molecule has 0 atom stereocenters. The van der Waals surface area contributed by atoms with Gasteiger partial charge in [0.1, 0.15) is 5.76 Å². The van der Waals surface area contributed by atoms with Gasteiger partial charge in [0.25, 0.3) is 10.2 Å². The van der Waals surface area contributed by atoms with Crippen molar-refractivity contribution in [2.75, 3.05) is 39.3 Å². The molecule has 7 nitrogen and oxygen atoms in total. The molecule has 1 aromatic heterocycles. The van der Waals surface area contributed by atoms with Crippen LogP contribution in [0, 0.1) is 13.8 Å². The summed E-state index contributed by atoms with van der Waals surface area (Å²) in [5, 5.41) is 0. The molecule has 3 heterocycles. The molecule has 1 aromatic rings. The zero-order chi connectivity index (χ0) is 16.4. The average Bonchev–Trinajstić information content (AvgIpc) is 2.86. The number of aromatic nitrogens is 1. The summed E-state index contributed by atoms with van der Waals surface area (Å²) in [6.07, 6.45) is 3.08. The molecule has 8 heteroatoms.